The van der Waals surface area contributed by atoms with Gasteiger partial charge in [-0.05, 0) is 12.8 Å². The van der Waals surface area contributed by atoms with Gasteiger partial charge in [0.05, 0.1) is 17.0 Å². The van der Waals surface area contributed by atoms with Gasteiger partial charge in [0, 0.05) is 51.6 Å². The van der Waals surface area contributed by atoms with E-state index in [0.29, 0.717) is 17.9 Å². The smallest absolute Gasteiger partial charge is 0.303 e. The molecule has 0 aliphatic carbocycles. The van der Waals surface area contributed by atoms with Gasteiger partial charge in [-0.3, -0.25) is 0 Å². The molecule has 3 aromatic heterocycles. The number of rotatable bonds is 4. The van der Waals surface area contributed by atoms with E-state index in [1.165, 1.54) is 16.9 Å². The molecule has 0 spiro atoms. The Balaban J connectivity index is 1.85. The summed E-state index contributed by atoms with van der Waals surface area (Å²) < 4.78 is 34.4. The Bertz CT molecular complexity index is 1010. The standard InChI is InChI=1S/C18H19ClF2N6O/c1-18(20,21)17-22-6-5-15(24-17)27-13-8-14(19)23-9-12(13)16(25-27)26-7-3-4-11(10-26)28-2/h5-6,8-9,11H,3-4,7,10H2,1-2H3. The number of anilines is 1. The third kappa shape index (κ3) is 3.51. The molecule has 1 fully saturated rings. The van der Waals surface area contributed by atoms with E-state index in [-0.39, 0.29) is 17.1 Å². The third-order valence-electron chi connectivity index (χ3n) is 4.77. The topological polar surface area (TPSA) is 69.0 Å². The van der Waals surface area contributed by atoms with E-state index >= 15 is 0 Å². The number of hydrogen-bond acceptors (Lipinski definition) is 6. The summed E-state index contributed by atoms with van der Waals surface area (Å²) in [5.74, 6) is -2.78. The molecule has 3 aromatic rings. The molecule has 0 bridgehead atoms. The second-order valence-electron chi connectivity index (χ2n) is 6.83. The van der Waals surface area contributed by atoms with E-state index in [1.54, 1.807) is 19.4 Å². The van der Waals surface area contributed by atoms with Gasteiger partial charge in [0.15, 0.2) is 11.6 Å². The Morgan fingerprint density at radius 3 is 2.89 bits per heavy atom. The number of aromatic nitrogens is 5. The van der Waals surface area contributed by atoms with Gasteiger partial charge >= 0.3 is 5.92 Å². The number of alkyl halides is 2. The molecule has 0 amide bonds. The predicted molar refractivity (Wildman–Crippen MR) is 101 cm³/mol. The maximum absolute atomic E-state index is 13.7. The molecule has 1 aliphatic rings. The zero-order chi connectivity index (χ0) is 19.9. The van der Waals surface area contributed by atoms with Crippen LogP contribution in [0.1, 0.15) is 25.6 Å². The molecule has 28 heavy (non-hydrogen) atoms. The molecule has 7 nitrogen and oxygen atoms in total. The lowest BCUT2D eigenvalue weighted by atomic mass is 10.1. The van der Waals surface area contributed by atoms with Crippen LogP contribution in [0.25, 0.3) is 16.7 Å². The maximum Gasteiger partial charge on any atom is 0.303 e. The van der Waals surface area contributed by atoms with E-state index in [0.717, 1.165) is 31.7 Å². The van der Waals surface area contributed by atoms with Gasteiger partial charge in [0.2, 0.25) is 5.82 Å². The minimum atomic E-state index is -3.15. The molecule has 4 rings (SSSR count). The lowest BCUT2D eigenvalue weighted by Crippen LogP contribution is -2.39. The van der Waals surface area contributed by atoms with Crippen molar-refractivity contribution >= 4 is 28.3 Å². The minimum Gasteiger partial charge on any atom is -0.380 e. The molecule has 10 heteroatoms. The minimum absolute atomic E-state index is 0.110. The molecule has 148 valence electrons. The maximum atomic E-state index is 13.7. The number of nitrogens with zero attached hydrogens (tertiary/aromatic N) is 6. The van der Waals surface area contributed by atoms with Crippen molar-refractivity contribution in [3.05, 3.63) is 35.5 Å². The SMILES string of the molecule is COC1CCCN(c2nn(-c3ccnc(C(C)(F)F)n3)c3cc(Cl)ncc23)C1. The highest BCUT2D eigenvalue weighted by Crippen LogP contribution is 2.31. The van der Waals surface area contributed by atoms with Crippen LogP contribution in [0.2, 0.25) is 5.15 Å². The van der Waals surface area contributed by atoms with Crippen LogP contribution in [0, 0.1) is 0 Å². The molecular weight excluding hydrogens is 390 g/mol. The largest absolute Gasteiger partial charge is 0.380 e. The number of halogens is 3. The molecule has 1 aliphatic heterocycles. The lowest BCUT2D eigenvalue weighted by Gasteiger charge is -2.32. The van der Waals surface area contributed by atoms with Crippen molar-refractivity contribution in [1.29, 1.82) is 0 Å². The number of ether oxygens (including phenoxy) is 1. The summed E-state index contributed by atoms with van der Waals surface area (Å²) in [4.78, 5) is 14.0. The molecule has 1 saturated heterocycles. The van der Waals surface area contributed by atoms with Gasteiger partial charge < -0.3 is 9.64 Å². The quantitative estimate of drug-likeness (QED) is 0.614. The van der Waals surface area contributed by atoms with Crippen LogP contribution >= 0.6 is 11.6 Å². The number of methoxy groups -OCH3 is 1. The summed E-state index contributed by atoms with van der Waals surface area (Å²) >= 11 is 6.08. The van der Waals surface area contributed by atoms with Crippen LogP contribution in [-0.4, -0.2) is 51.0 Å². The van der Waals surface area contributed by atoms with E-state index in [9.17, 15) is 8.78 Å². The monoisotopic (exact) mass is 408 g/mol. The number of piperidine rings is 1. The predicted octanol–water partition coefficient (Wildman–Crippen LogP) is 3.59. The zero-order valence-electron chi connectivity index (χ0n) is 15.4. The normalized spacial score (nSPS) is 18.0. The summed E-state index contributed by atoms with van der Waals surface area (Å²) in [6, 6.07) is 3.19. The fraction of sp³-hybridized carbons (Fsp3) is 0.444. The molecule has 0 N–H and O–H groups in total. The lowest BCUT2D eigenvalue weighted by molar-refractivity contribution is 0.00763. The summed E-state index contributed by atoms with van der Waals surface area (Å²) in [5.41, 5.74) is 0.638. The summed E-state index contributed by atoms with van der Waals surface area (Å²) in [6.45, 7) is 2.27. The average Bonchev–Trinajstić information content (AvgIpc) is 3.06. The highest BCUT2D eigenvalue weighted by Gasteiger charge is 2.29. The van der Waals surface area contributed by atoms with Crippen LogP contribution in [0.3, 0.4) is 0 Å². The van der Waals surface area contributed by atoms with Crippen molar-refractivity contribution in [2.45, 2.75) is 31.8 Å². The Kier molecular flexibility index (Phi) is 4.88. The van der Waals surface area contributed by atoms with Gasteiger partial charge in [-0.1, -0.05) is 11.6 Å². The van der Waals surface area contributed by atoms with Gasteiger partial charge in [-0.2, -0.15) is 8.78 Å². The summed E-state index contributed by atoms with van der Waals surface area (Å²) in [6.07, 6.45) is 5.00. The van der Waals surface area contributed by atoms with Gasteiger partial charge in [0.1, 0.15) is 5.15 Å². The first-order valence-corrected chi connectivity index (χ1v) is 9.28. The van der Waals surface area contributed by atoms with E-state index < -0.39 is 11.7 Å². The van der Waals surface area contributed by atoms with E-state index in [1.807, 2.05) is 0 Å². The van der Waals surface area contributed by atoms with Gasteiger partial charge in [0.25, 0.3) is 0 Å². The van der Waals surface area contributed by atoms with Crippen LogP contribution in [0.15, 0.2) is 24.5 Å². The Hall–Kier alpha value is -2.39. The Morgan fingerprint density at radius 2 is 2.14 bits per heavy atom. The molecule has 1 unspecified atom stereocenters. The van der Waals surface area contributed by atoms with Crippen molar-refractivity contribution in [2.24, 2.45) is 0 Å². The highest BCUT2D eigenvalue weighted by atomic mass is 35.5. The highest BCUT2D eigenvalue weighted by molar-refractivity contribution is 6.30. The number of fused-ring (bicyclic) bond motifs is 1. The van der Waals surface area contributed by atoms with Crippen LogP contribution in [-0.2, 0) is 10.7 Å². The second-order valence-corrected chi connectivity index (χ2v) is 7.22. The fourth-order valence-electron chi connectivity index (χ4n) is 3.38. The van der Waals surface area contributed by atoms with Gasteiger partial charge in [-0.25, -0.2) is 19.6 Å². The van der Waals surface area contributed by atoms with Crippen molar-refractivity contribution in [3.8, 4) is 5.82 Å². The van der Waals surface area contributed by atoms with Crippen LogP contribution in [0.4, 0.5) is 14.6 Å². The third-order valence-corrected chi connectivity index (χ3v) is 4.98. The Labute approximate surface area is 165 Å². The van der Waals surface area contributed by atoms with Crippen molar-refractivity contribution < 1.29 is 13.5 Å². The summed E-state index contributed by atoms with van der Waals surface area (Å²) in [5, 5.41) is 5.72. The van der Waals surface area contributed by atoms with Crippen molar-refractivity contribution in [1.82, 2.24) is 24.7 Å². The molecule has 0 radical (unpaired) electrons. The zero-order valence-corrected chi connectivity index (χ0v) is 16.2. The first-order valence-electron chi connectivity index (χ1n) is 8.90. The van der Waals surface area contributed by atoms with Gasteiger partial charge in [-0.15, -0.1) is 5.10 Å². The number of hydrogen-bond donors (Lipinski definition) is 0. The summed E-state index contributed by atoms with van der Waals surface area (Å²) in [7, 11) is 1.69. The van der Waals surface area contributed by atoms with E-state index in [2.05, 4.69) is 25.0 Å². The Morgan fingerprint density at radius 1 is 1.32 bits per heavy atom. The average molecular weight is 409 g/mol. The molecular formula is C18H19ClF2N6O. The molecule has 1 atom stereocenters. The molecule has 4 heterocycles. The first-order chi connectivity index (χ1) is 13.4. The first kappa shape index (κ1) is 18.9. The van der Waals surface area contributed by atoms with Crippen LogP contribution in [0.5, 0.6) is 0 Å². The number of pyridine rings is 1. The van der Waals surface area contributed by atoms with Crippen molar-refractivity contribution in [2.75, 3.05) is 25.1 Å². The second kappa shape index (κ2) is 7.21. The van der Waals surface area contributed by atoms with Crippen molar-refractivity contribution in [3.63, 3.8) is 0 Å². The van der Waals surface area contributed by atoms with Crippen LogP contribution < -0.4 is 4.90 Å². The molecule has 0 saturated carbocycles. The van der Waals surface area contributed by atoms with E-state index in [4.69, 9.17) is 16.3 Å². The fourth-order valence-corrected chi connectivity index (χ4v) is 3.53. The molecule has 0 aromatic carbocycles.